The fourth-order valence-electron chi connectivity index (χ4n) is 1.49. The molecule has 0 bridgehead atoms. The smallest absolute Gasteiger partial charge is 0.310 e. The van der Waals surface area contributed by atoms with Crippen molar-refractivity contribution in [2.75, 3.05) is 20.7 Å². The average molecular weight is 239 g/mol. The van der Waals surface area contributed by atoms with Gasteiger partial charge in [-0.2, -0.15) is 0 Å². The van der Waals surface area contributed by atoms with Gasteiger partial charge < -0.3 is 14.2 Å². The molecule has 1 unspecified atom stereocenters. The van der Waals surface area contributed by atoms with Gasteiger partial charge >= 0.3 is 5.97 Å². The van der Waals surface area contributed by atoms with Crippen molar-refractivity contribution in [3.63, 3.8) is 0 Å². The van der Waals surface area contributed by atoms with E-state index in [4.69, 9.17) is 0 Å². The van der Waals surface area contributed by atoms with Crippen LogP contribution in [0.2, 0.25) is 0 Å². The number of nitrogens with zero attached hydrogens (tertiary/aromatic N) is 3. The van der Waals surface area contributed by atoms with Crippen LogP contribution in [0.1, 0.15) is 17.4 Å². The third-order valence-electron chi connectivity index (χ3n) is 2.42. The van der Waals surface area contributed by atoms with Crippen LogP contribution in [0.3, 0.4) is 0 Å². The van der Waals surface area contributed by atoms with E-state index in [0.29, 0.717) is 12.2 Å². The van der Waals surface area contributed by atoms with Gasteiger partial charge in [-0.25, -0.2) is 4.98 Å². The normalized spacial score (nSPS) is 12.0. The number of carbonyl (C=O) groups is 2. The topological polar surface area (TPSA) is 64.4 Å². The average Bonchev–Trinajstić information content (AvgIpc) is 2.73. The van der Waals surface area contributed by atoms with E-state index in [1.54, 1.807) is 38.1 Å². The maximum Gasteiger partial charge on any atom is 0.310 e. The molecule has 0 aliphatic rings. The predicted octanol–water partition coefficient (Wildman–Crippen LogP) is 0.301. The summed E-state index contributed by atoms with van der Waals surface area (Å²) < 4.78 is 6.31. The number of rotatable bonds is 4. The minimum Gasteiger partial charge on any atom is -0.469 e. The maximum absolute atomic E-state index is 11.9. The second-order valence-corrected chi connectivity index (χ2v) is 4.03. The summed E-state index contributed by atoms with van der Waals surface area (Å²) >= 11 is 0. The van der Waals surface area contributed by atoms with Crippen LogP contribution in [0.5, 0.6) is 0 Å². The minimum absolute atomic E-state index is 0.207. The van der Waals surface area contributed by atoms with Crippen LogP contribution in [0, 0.1) is 5.92 Å². The molecule has 1 heterocycles. The highest BCUT2D eigenvalue weighted by atomic mass is 16.5. The van der Waals surface area contributed by atoms with E-state index in [1.165, 1.54) is 12.0 Å². The van der Waals surface area contributed by atoms with Gasteiger partial charge in [0.1, 0.15) is 5.69 Å². The SMILES string of the molecule is COC(=O)C(C)CN(C)C(=O)c1cn(C)cn1. The van der Waals surface area contributed by atoms with Gasteiger partial charge in [0, 0.05) is 26.8 Å². The van der Waals surface area contributed by atoms with Crippen molar-refractivity contribution in [1.29, 1.82) is 0 Å². The monoisotopic (exact) mass is 239 g/mol. The van der Waals surface area contributed by atoms with Crippen molar-refractivity contribution in [1.82, 2.24) is 14.5 Å². The quantitative estimate of drug-likeness (QED) is 0.709. The van der Waals surface area contributed by atoms with Crippen LogP contribution < -0.4 is 0 Å². The molecule has 6 heteroatoms. The van der Waals surface area contributed by atoms with Gasteiger partial charge in [-0.3, -0.25) is 9.59 Å². The molecule has 0 radical (unpaired) electrons. The summed E-state index contributed by atoms with van der Waals surface area (Å²) in [6, 6.07) is 0. The first kappa shape index (κ1) is 13.2. The molecule has 0 saturated carbocycles. The first-order chi connectivity index (χ1) is 7.95. The van der Waals surface area contributed by atoms with Crippen LogP contribution in [0.25, 0.3) is 0 Å². The standard InChI is InChI=1S/C11H17N3O3/c1-8(11(16)17-4)5-14(3)10(15)9-6-13(2)7-12-9/h6-8H,5H2,1-4H3. The lowest BCUT2D eigenvalue weighted by atomic mass is 10.1. The van der Waals surface area contributed by atoms with Crippen molar-refractivity contribution in [3.8, 4) is 0 Å². The fourth-order valence-corrected chi connectivity index (χ4v) is 1.49. The molecule has 0 saturated heterocycles. The summed E-state index contributed by atoms with van der Waals surface area (Å²) in [6.07, 6.45) is 3.20. The Morgan fingerprint density at radius 2 is 2.24 bits per heavy atom. The molecular formula is C11H17N3O3. The zero-order chi connectivity index (χ0) is 13.0. The Morgan fingerprint density at radius 1 is 1.59 bits per heavy atom. The molecule has 0 N–H and O–H groups in total. The number of hydrogen-bond acceptors (Lipinski definition) is 4. The first-order valence-electron chi connectivity index (χ1n) is 5.27. The van der Waals surface area contributed by atoms with Crippen LogP contribution >= 0.6 is 0 Å². The number of esters is 1. The Balaban J connectivity index is 2.62. The summed E-state index contributed by atoms with van der Waals surface area (Å²) in [5.74, 6) is -0.885. The molecule has 1 aromatic rings. The molecule has 6 nitrogen and oxygen atoms in total. The third kappa shape index (κ3) is 3.30. The molecule has 0 spiro atoms. The maximum atomic E-state index is 11.9. The van der Waals surface area contributed by atoms with Gasteiger partial charge in [-0.1, -0.05) is 6.92 Å². The second-order valence-electron chi connectivity index (χ2n) is 4.03. The molecule has 0 aliphatic heterocycles. The number of ether oxygens (including phenoxy) is 1. The van der Waals surface area contributed by atoms with Crippen LogP contribution in [-0.2, 0) is 16.6 Å². The van der Waals surface area contributed by atoms with Gasteiger partial charge in [0.15, 0.2) is 0 Å². The highest BCUT2D eigenvalue weighted by molar-refractivity contribution is 5.92. The first-order valence-corrected chi connectivity index (χ1v) is 5.27. The van der Waals surface area contributed by atoms with Gasteiger partial charge in [0.2, 0.25) is 0 Å². The van der Waals surface area contributed by atoms with Gasteiger partial charge in [-0.05, 0) is 0 Å². The summed E-state index contributed by atoms with van der Waals surface area (Å²) in [4.78, 5) is 28.6. The van der Waals surface area contributed by atoms with Crippen molar-refractivity contribution in [2.24, 2.45) is 13.0 Å². The van der Waals surface area contributed by atoms with Crippen molar-refractivity contribution >= 4 is 11.9 Å². The lowest BCUT2D eigenvalue weighted by Gasteiger charge is -2.19. The van der Waals surface area contributed by atoms with E-state index in [0.717, 1.165) is 0 Å². The number of methoxy groups -OCH3 is 1. The number of imidazole rings is 1. The van der Waals surface area contributed by atoms with E-state index >= 15 is 0 Å². The van der Waals surface area contributed by atoms with Crippen molar-refractivity contribution < 1.29 is 14.3 Å². The zero-order valence-corrected chi connectivity index (χ0v) is 10.5. The summed E-state index contributed by atoms with van der Waals surface area (Å²) in [7, 11) is 4.76. The number of amides is 1. The van der Waals surface area contributed by atoms with E-state index in [2.05, 4.69) is 9.72 Å². The number of aryl methyl sites for hydroxylation is 1. The number of hydrogen-bond donors (Lipinski definition) is 0. The Kier molecular flexibility index (Phi) is 4.25. The van der Waals surface area contributed by atoms with E-state index in [-0.39, 0.29) is 17.8 Å². The van der Waals surface area contributed by atoms with Crippen LogP contribution in [0.4, 0.5) is 0 Å². The molecule has 0 fully saturated rings. The largest absolute Gasteiger partial charge is 0.469 e. The lowest BCUT2D eigenvalue weighted by molar-refractivity contribution is -0.145. The summed E-state index contributed by atoms with van der Waals surface area (Å²) in [5, 5.41) is 0. The van der Waals surface area contributed by atoms with Crippen LogP contribution in [-0.4, -0.2) is 47.0 Å². The minimum atomic E-state index is -0.349. The number of carbonyl (C=O) groups excluding carboxylic acids is 2. The van der Waals surface area contributed by atoms with E-state index < -0.39 is 0 Å². The molecule has 0 aromatic carbocycles. The Bertz CT molecular complexity index is 414. The Hall–Kier alpha value is -1.85. The fraction of sp³-hybridized carbons (Fsp3) is 0.545. The highest BCUT2D eigenvalue weighted by Gasteiger charge is 2.20. The predicted molar refractivity (Wildman–Crippen MR) is 61.3 cm³/mol. The van der Waals surface area contributed by atoms with Crippen LogP contribution in [0.15, 0.2) is 12.5 Å². The highest BCUT2D eigenvalue weighted by Crippen LogP contribution is 2.05. The third-order valence-corrected chi connectivity index (χ3v) is 2.42. The van der Waals surface area contributed by atoms with Gasteiger partial charge in [0.05, 0.1) is 19.4 Å². The Morgan fingerprint density at radius 3 is 2.71 bits per heavy atom. The van der Waals surface area contributed by atoms with Gasteiger partial charge in [0.25, 0.3) is 5.91 Å². The molecule has 94 valence electrons. The molecular weight excluding hydrogens is 222 g/mol. The Labute approximate surface area is 100 Å². The van der Waals surface area contributed by atoms with Gasteiger partial charge in [-0.15, -0.1) is 0 Å². The molecule has 0 aliphatic carbocycles. The molecule has 17 heavy (non-hydrogen) atoms. The van der Waals surface area contributed by atoms with E-state index in [9.17, 15) is 9.59 Å². The van der Waals surface area contributed by atoms with Crippen molar-refractivity contribution in [2.45, 2.75) is 6.92 Å². The lowest BCUT2D eigenvalue weighted by Crippen LogP contribution is -2.34. The summed E-state index contributed by atoms with van der Waals surface area (Å²) in [5.41, 5.74) is 0.368. The summed E-state index contributed by atoms with van der Waals surface area (Å²) in [6.45, 7) is 2.02. The molecule has 1 atom stereocenters. The molecule has 1 rings (SSSR count). The molecule has 1 aromatic heterocycles. The number of aromatic nitrogens is 2. The molecule has 1 amide bonds. The zero-order valence-electron chi connectivity index (χ0n) is 10.5. The van der Waals surface area contributed by atoms with Crippen molar-refractivity contribution in [3.05, 3.63) is 18.2 Å². The van der Waals surface area contributed by atoms with E-state index in [1.807, 2.05) is 0 Å². The second kappa shape index (κ2) is 5.47.